The van der Waals surface area contributed by atoms with Crippen LogP contribution >= 0.6 is 0 Å². The highest BCUT2D eigenvalue weighted by Crippen LogP contribution is 2.27. The average Bonchev–Trinajstić information content (AvgIpc) is 2.50. The summed E-state index contributed by atoms with van der Waals surface area (Å²) in [6.07, 6.45) is 0. The number of aromatic nitrogens is 2. The van der Waals surface area contributed by atoms with Crippen molar-refractivity contribution in [1.82, 2.24) is 9.78 Å². The molecule has 1 heterocycles. The highest BCUT2D eigenvalue weighted by atomic mass is 16.5. The summed E-state index contributed by atoms with van der Waals surface area (Å²) in [6, 6.07) is 7.60. The highest BCUT2D eigenvalue weighted by Gasteiger charge is 2.06. The molecule has 16 heavy (non-hydrogen) atoms. The smallest absolute Gasteiger partial charge is 0.217 e. The van der Waals surface area contributed by atoms with Crippen LogP contribution < -0.4 is 10.5 Å². The van der Waals surface area contributed by atoms with Crippen LogP contribution in [0.2, 0.25) is 0 Å². The zero-order chi connectivity index (χ0) is 11.7. The molecule has 0 radical (unpaired) electrons. The Kier molecular flexibility index (Phi) is 2.56. The Morgan fingerprint density at radius 3 is 2.56 bits per heavy atom. The molecule has 4 nitrogen and oxygen atoms in total. The SMILES string of the molecule is Cc1ccc(Oc2cc(C)nn2C)c(N)c1. The number of anilines is 1. The van der Waals surface area contributed by atoms with E-state index in [4.69, 9.17) is 10.5 Å². The number of benzene rings is 1. The normalized spacial score (nSPS) is 10.4. The molecule has 2 N–H and O–H groups in total. The predicted octanol–water partition coefficient (Wildman–Crippen LogP) is 2.41. The van der Waals surface area contributed by atoms with Crippen LogP contribution in [0.1, 0.15) is 11.3 Å². The lowest BCUT2D eigenvalue weighted by Gasteiger charge is -2.08. The van der Waals surface area contributed by atoms with Gasteiger partial charge in [-0.1, -0.05) is 6.07 Å². The number of rotatable bonds is 2. The van der Waals surface area contributed by atoms with E-state index in [1.165, 1.54) is 0 Å². The molecule has 0 spiro atoms. The summed E-state index contributed by atoms with van der Waals surface area (Å²) >= 11 is 0. The van der Waals surface area contributed by atoms with Crippen molar-refractivity contribution in [2.24, 2.45) is 7.05 Å². The van der Waals surface area contributed by atoms with E-state index in [1.807, 2.05) is 45.2 Å². The molecule has 1 aromatic heterocycles. The third-order valence-electron chi connectivity index (χ3n) is 2.34. The molecule has 0 aliphatic heterocycles. The third kappa shape index (κ3) is 2.00. The molecule has 0 aliphatic rings. The first kappa shape index (κ1) is 10.5. The van der Waals surface area contributed by atoms with Gasteiger partial charge in [0.2, 0.25) is 5.88 Å². The Morgan fingerprint density at radius 1 is 1.25 bits per heavy atom. The molecule has 0 amide bonds. The maximum Gasteiger partial charge on any atom is 0.217 e. The van der Waals surface area contributed by atoms with E-state index >= 15 is 0 Å². The second kappa shape index (κ2) is 3.89. The molecule has 0 unspecified atom stereocenters. The van der Waals surface area contributed by atoms with Gasteiger partial charge in [-0.3, -0.25) is 0 Å². The second-order valence-corrected chi connectivity index (χ2v) is 3.89. The molecule has 1 aromatic carbocycles. The van der Waals surface area contributed by atoms with Crippen LogP contribution in [0.5, 0.6) is 11.6 Å². The number of aryl methyl sites for hydroxylation is 3. The summed E-state index contributed by atoms with van der Waals surface area (Å²) in [6.45, 7) is 3.92. The highest BCUT2D eigenvalue weighted by molar-refractivity contribution is 5.55. The topological polar surface area (TPSA) is 53.1 Å². The number of nitrogens with zero attached hydrogens (tertiary/aromatic N) is 2. The van der Waals surface area contributed by atoms with Crippen LogP contribution in [0.15, 0.2) is 24.3 Å². The Bertz CT molecular complexity index is 517. The molecular formula is C12H15N3O. The fourth-order valence-electron chi connectivity index (χ4n) is 1.56. The van der Waals surface area contributed by atoms with Crippen LogP contribution in [-0.4, -0.2) is 9.78 Å². The molecular weight excluding hydrogens is 202 g/mol. The van der Waals surface area contributed by atoms with Gasteiger partial charge in [0, 0.05) is 13.1 Å². The number of ether oxygens (including phenoxy) is 1. The van der Waals surface area contributed by atoms with Crippen molar-refractivity contribution in [3.63, 3.8) is 0 Å². The van der Waals surface area contributed by atoms with Gasteiger partial charge >= 0.3 is 0 Å². The Morgan fingerprint density at radius 2 is 2.00 bits per heavy atom. The first-order valence-corrected chi connectivity index (χ1v) is 5.11. The third-order valence-corrected chi connectivity index (χ3v) is 2.34. The van der Waals surface area contributed by atoms with E-state index in [9.17, 15) is 0 Å². The van der Waals surface area contributed by atoms with Crippen molar-refractivity contribution in [2.75, 3.05) is 5.73 Å². The van der Waals surface area contributed by atoms with Crippen LogP contribution in [-0.2, 0) is 7.05 Å². The lowest BCUT2D eigenvalue weighted by molar-refractivity contribution is 0.432. The predicted molar refractivity (Wildman–Crippen MR) is 63.6 cm³/mol. The largest absolute Gasteiger partial charge is 0.437 e. The molecule has 4 heteroatoms. The number of nitrogens with two attached hydrogens (primary N) is 1. The van der Waals surface area contributed by atoms with Gasteiger partial charge < -0.3 is 10.5 Å². The van der Waals surface area contributed by atoms with Crippen molar-refractivity contribution in [3.8, 4) is 11.6 Å². The molecule has 0 aliphatic carbocycles. The summed E-state index contributed by atoms with van der Waals surface area (Å²) < 4.78 is 7.38. The van der Waals surface area contributed by atoms with E-state index in [-0.39, 0.29) is 0 Å². The lowest BCUT2D eigenvalue weighted by Crippen LogP contribution is -1.97. The summed E-state index contributed by atoms with van der Waals surface area (Å²) in [7, 11) is 1.84. The van der Waals surface area contributed by atoms with Crippen molar-refractivity contribution >= 4 is 5.69 Å². The minimum Gasteiger partial charge on any atom is -0.437 e. The Balaban J connectivity index is 2.30. The zero-order valence-electron chi connectivity index (χ0n) is 9.69. The second-order valence-electron chi connectivity index (χ2n) is 3.89. The van der Waals surface area contributed by atoms with Crippen LogP contribution in [0.4, 0.5) is 5.69 Å². The van der Waals surface area contributed by atoms with Crippen LogP contribution in [0.3, 0.4) is 0 Å². The standard InChI is InChI=1S/C12H15N3O/c1-8-4-5-11(10(13)6-8)16-12-7-9(2)14-15(12)3/h4-7H,13H2,1-3H3. The van der Waals surface area contributed by atoms with Gasteiger partial charge in [0.25, 0.3) is 0 Å². The van der Waals surface area contributed by atoms with Gasteiger partial charge in [-0.25, -0.2) is 4.68 Å². The Hall–Kier alpha value is -1.97. The van der Waals surface area contributed by atoms with Crippen LogP contribution in [0.25, 0.3) is 0 Å². The Labute approximate surface area is 94.6 Å². The quantitative estimate of drug-likeness (QED) is 0.786. The zero-order valence-corrected chi connectivity index (χ0v) is 9.69. The molecule has 0 atom stereocenters. The van der Waals surface area contributed by atoms with E-state index in [0.29, 0.717) is 17.3 Å². The van der Waals surface area contributed by atoms with Gasteiger partial charge in [0.1, 0.15) is 0 Å². The summed E-state index contributed by atoms with van der Waals surface area (Å²) in [5.41, 5.74) is 8.55. The van der Waals surface area contributed by atoms with Crippen molar-refractivity contribution in [1.29, 1.82) is 0 Å². The van der Waals surface area contributed by atoms with Gasteiger partial charge in [-0.15, -0.1) is 0 Å². The lowest BCUT2D eigenvalue weighted by atomic mass is 10.2. The maximum atomic E-state index is 5.87. The number of hydrogen-bond acceptors (Lipinski definition) is 3. The molecule has 0 fully saturated rings. The van der Waals surface area contributed by atoms with Crippen LogP contribution in [0, 0.1) is 13.8 Å². The fourth-order valence-corrected chi connectivity index (χ4v) is 1.56. The summed E-state index contributed by atoms with van der Waals surface area (Å²) in [4.78, 5) is 0. The van der Waals surface area contributed by atoms with Crippen molar-refractivity contribution in [2.45, 2.75) is 13.8 Å². The van der Waals surface area contributed by atoms with E-state index in [1.54, 1.807) is 4.68 Å². The summed E-state index contributed by atoms with van der Waals surface area (Å²) in [5.74, 6) is 1.35. The van der Waals surface area contributed by atoms with E-state index in [0.717, 1.165) is 11.3 Å². The van der Waals surface area contributed by atoms with Gasteiger partial charge in [0.05, 0.1) is 11.4 Å². The minimum atomic E-state index is 0.638. The molecule has 0 saturated heterocycles. The monoisotopic (exact) mass is 217 g/mol. The first-order chi connectivity index (χ1) is 7.56. The van der Waals surface area contributed by atoms with Gasteiger partial charge in [-0.2, -0.15) is 5.10 Å². The molecule has 2 aromatic rings. The molecule has 0 saturated carbocycles. The minimum absolute atomic E-state index is 0.638. The molecule has 2 rings (SSSR count). The molecule has 84 valence electrons. The first-order valence-electron chi connectivity index (χ1n) is 5.11. The number of hydrogen-bond donors (Lipinski definition) is 1. The fraction of sp³-hybridized carbons (Fsp3) is 0.250. The van der Waals surface area contributed by atoms with Gasteiger partial charge in [0.15, 0.2) is 5.75 Å². The van der Waals surface area contributed by atoms with E-state index in [2.05, 4.69) is 5.10 Å². The summed E-state index contributed by atoms with van der Waals surface area (Å²) in [5, 5.41) is 4.21. The van der Waals surface area contributed by atoms with E-state index < -0.39 is 0 Å². The van der Waals surface area contributed by atoms with Gasteiger partial charge in [-0.05, 0) is 31.5 Å². The number of nitrogen functional groups attached to an aromatic ring is 1. The van der Waals surface area contributed by atoms with Crippen molar-refractivity contribution in [3.05, 3.63) is 35.5 Å². The average molecular weight is 217 g/mol. The van der Waals surface area contributed by atoms with Crippen molar-refractivity contribution < 1.29 is 4.74 Å². The molecule has 0 bridgehead atoms. The maximum absolute atomic E-state index is 5.87.